The maximum absolute atomic E-state index is 13.3. The van der Waals surface area contributed by atoms with Gasteiger partial charge in [-0.3, -0.25) is 4.90 Å². The van der Waals surface area contributed by atoms with E-state index < -0.39 is 0 Å². The molecular weight excluding hydrogens is 231 g/mol. The fourth-order valence-electron chi connectivity index (χ4n) is 2.51. The Morgan fingerprint density at radius 1 is 1.22 bits per heavy atom. The monoisotopic (exact) mass is 252 g/mol. The number of rotatable bonds is 2. The molecule has 0 radical (unpaired) electrons. The Balaban J connectivity index is 2.14. The summed E-state index contributed by atoms with van der Waals surface area (Å²) in [5, 5.41) is 9.85. The molecule has 1 saturated heterocycles. The van der Waals surface area contributed by atoms with E-state index in [1.165, 1.54) is 18.2 Å². The maximum atomic E-state index is 13.3. The Kier molecular flexibility index (Phi) is 4.19. The molecule has 1 N–H and O–H groups in total. The minimum atomic E-state index is -0.290. The lowest BCUT2D eigenvalue weighted by Crippen LogP contribution is -2.31. The molecule has 1 unspecified atom stereocenters. The highest BCUT2D eigenvalue weighted by Crippen LogP contribution is 2.29. The summed E-state index contributed by atoms with van der Waals surface area (Å²) in [5.74, 6) is -0.108. The molecule has 1 aromatic carbocycles. The van der Waals surface area contributed by atoms with Crippen LogP contribution in [0.4, 0.5) is 4.39 Å². The zero-order valence-electron chi connectivity index (χ0n) is 11.1. The molecule has 0 spiro atoms. The second kappa shape index (κ2) is 5.67. The first-order valence-electron chi connectivity index (χ1n) is 6.49. The van der Waals surface area contributed by atoms with Crippen LogP contribution >= 0.6 is 0 Å². The van der Waals surface area contributed by atoms with Crippen molar-refractivity contribution in [2.45, 2.75) is 19.4 Å². The zero-order chi connectivity index (χ0) is 13.1. The number of hydrogen-bond donors (Lipinski definition) is 1. The van der Waals surface area contributed by atoms with Gasteiger partial charge < -0.3 is 10.0 Å². The number of nitrogens with zero attached hydrogens (tertiary/aromatic N) is 2. The van der Waals surface area contributed by atoms with Crippen LogP contribution in [0, 0.1) is 5.82 Å². The minimum absolute atomic E-state index is 0.0483. The zero-order valence-corrected chi connectivity index (χ0v) is 11.1. The van der Waals surface area contributed by atoms with E-state index in [2.05, 4.69) is 16.8 Å². The summed E-state index contributed by atoms with van der Waals surface area (Å²) >= 11 is 0. The normalized spacial score (nSPS) is 20.6. The highest BCUT2D eigenvalue weighted by molar-refractivity contribution is 5.34. The summed E-state index contributed by atoms with van der Waals surface area (Å²) in [6, 6.07) is 4.22. The first-order chi connectivity index (χ1) is 8.58. The fraction of sp³-hybridized carbons (Fsp3) is 0.571. The summed E-state index contributed by atoms with van der Waals surface area (Å²) < 4.78 is 13.3. The van der Waals surface area contributed by atoms with Crippen LogP contribution in [-0.4, -0.2) is 48.1 Å². The highest BCUT2D eigenvalue weighted by atomic mass is 19.1. The standard InChI is InChI=1S/C14H21FN2O/c1-11(13-10-12(15)4-5-14(13)18)17-7-3-6-16(2)8-9-17/h4-5,10-11,18H,3,6-9H2,1-2H3. The number of phenolic OH excluding ortho intramolecular Hbond substituents is 1. The number of hydrogen-bond acceptors (Lipinski definition) is 3. The van der Waals surface area contributed by atoms with Crippen molar-refractivity contribution in [3.05, 3.63) is 29.6 Å². The molecule has 100 valence electrons. The van der Waals surface area contributed by atoms with E-state index in [1.54, 1.807) is 0 Å². The molecule has 1 fully saturated rings. The molecule has 3 nitrogen and oxygen atoms in total. The summed E-state index contributed by atoms with van der Waals surface area (Å²) in [5.41, 5.74) is 0.680. The lowest BCUT2D eigenvalue weighted by atomic mass is 10.1. The summed E-state index contributed by atoms with van der Waals surface area (Å²) in [6.07, 6.45) is 1.11. The number of likely N-dealkylation sites (N-methyl/N-ethyl adjacent to an activating group) is 1. The second-order valence-corrected chi connectivity index (χ2v) is 5.07. The van der Waals surface area contributed by atoms with Crippen molar-refractivity contribution in [2.24, 2.45) is 0 Å². The number of aromatic hydroxyl groups is 1. The van der Waals surface area contributed by atoms with Crippen molar-refractivity contribution in [2.75, 3.05) is 33.2 Å². The van der Waals surface area contributed by atoms with Gasteiger partial charge in [0.15, 0.2) is 0 Å². The molecule has 0 amide bonds. The van der Waals surface area contributed by atoms with E-state index in [0.717, 1.165) is 32.6 Å². The lowest BCUT2D eigenvalue weighted by Gasteiger charge is -2.28. The van der Waals surface area contributed by atoms with E-state index in [9.17, 15) is 9.50 Å². The predicted octanol–water partition coefficient (Wildman–Crippen LogP) is 2.23. The van der Waals surface area contributed by atoms with E-state index >= 15 is 0 Å². The molecule has 1 aromatic rings. The third-order valence-corrected chi connectivity index (χ3v) is 3.74. The van der Waals surface area contributed by atoms with Gasteiger partial charge >= 0.3 is 0 Å². The van der Waals surface area contributed by atoms with Crippen molar-refractivity contribution in [1.29, 1.82) is 0 Å². The number of benzene rings is 1. The Labute approximate surface area is 108 Å². The van der Waals surface area contributed by atoms with Crippen LogP contribution in [0.1, 0.15) is 24.9 Å². The molecule has 2 rings (SSSR count). The molecule has 0 bridgehead atoms. The van der Waals surface area contributed by atoms with Crippen LogP contribution in [0.15, 0.2) is 18.2 Å². The quantitative estimate of drug-likeness (QED) is 0.874. The van der Waals surface area contributed by atoms with Crippen LogP contribution in [-0.2, 0) is 0 Å². The Morgan fingerprint density at radius 3 is 2.78 bits per heavy atom. The van der Waals surface area contributed by atoms with Gasteiger partial charge in [0.1, 0.15) is 11.6 Å². The Hall–Kier alpha value is -1.13. The molecule has 4 heteroatoms. The van der Waals surface area contributed by atoms with Crippen molar-refractivity contribution in [1.82, 2.24) is 9.80 Å². The maximum Gasteiger partial charge on any atom is 0.123 e. The number of halogens is 1. The molecular formula is C14H21FN2O. The summed E-state index contributed by atoms with van der Waals surface area (Å²) in [4.78, 5) is 4.61. The third kappa shape index (κ3) is 3.00. The smallest absolute Gasteiger partial charge is 0.123 e. The SMILES string of the molecule is CC(c1cc(F)ccc1O)N1CCCN(C)CC1. The predicted molar refractivity (Wildman–Crippen MR) is 70.2 cm³/mol. The average molecular weight is 252 g/mol. The summed E-state index contributed by atoms with van der Waals surface area (Å²) in [6.45, 7) is 6.08. The molecule has 1 aliphatic heterocycles. The van der Waals surface area contributed by atoms with Crippen molar-refractivity contribution in [3.63, 3.8) is 0 Å². The first kappa shape index (κ1) is 13.3. The molecule has 0 aromatic heterocycles. The molecule has 1 atom stereocenters. The highest BCUT2D eigenvalue weighted by Gasteiger charge is 2.21. The van der Waals surface area contributed by atoms with Crippen molar-refractivity contribution >= 4 is 0 Å². The topological polar surface area (TPSA) is 26.7 Å². The van der Waals surface area contributed by atoms with Crippen molar-refractivity contribution < 1.29 is 9.50 Å². The van der Waals surface area contributed by atoms with Gasteiger partial charge in [-0.1, -0.05) is 0 Å². The lowest BCUT2D eigenvalue weighted by molar-refractivity contribution is 0.213. The van der Waals surface area contributed by atoms with Gasteiger partial charge in [0, 0.05) is 31.2 Å². The number of phenols is 1. The molecule has 0 aliphatic carbocycles. The van der Waals surface area contributed by atoms with E-state index in [4.69, 9.17) is 0 Å². The van der Waals surface area contributed by atoms with Gasteiger partial charge in [-0.2, -0.15) is 0 Å². The van der Waals surface area contributed by atoms with Crippen molar-refractivity contribution in [3.8, 4) is 5.75 Å². The van der Waals surface area contributed by atoms with Gasteiger partial charge in [0.25, 0.3) is 0 Å². The van der Waals surface area contributed by atoms with Crippen LogP contribution in [0.5, 0.6) is 5.75 Å². The molecule has 1 aliphatic rings. The molecule has 0 saturated carbocycles. The van der Waals surface area contributed by atoms with Crippen LogP contribution in [0.25, 0.3) is 0 Å². The summed E-state index contributed by atoms with van der Waals surface area (Å²) in [7, 11) is 2.12. The van der Waals surface area contributed by atoms with Gasteiger partial charge in [-0.05, 0) is 45.1 Å². The van der Waals surface area contributed by atoms with E-state index in [0.29, 0.717) is 5.56 Å². The largest absolute Gasteiger partial charge is 0.508 e. The Morgan fingerprint density at radius 2 is 2.00 bits per heavy atom. The first-order valence-corrected chi connectivity index (χ1v) is 6.49. The van der Waals surface area contributed by atoms with Gasteiger partial charge in [0.05, 0.1) is 0 Å². The van der Waals surface area contributed by atoms with Gasteiger partial charge in [-0.25, -0.2) is 4.39 Å². The fourth-order valence-corrected chi connectivity index (χ4v) is 2.51. The average Bonchev–Trinajstić information content (AvgIpc) is 2.56. The Bertz CT molecular complexity index is 411. The third-order valence-electron chi connectivity index (χ3n) is 3.74. The van der Waals surface area contributed by atoms with Crippen LogP contribution in [0.3, 0.4) is 0 Å². The van der Waals surface area contributed by atoms with Crippen LogP contribution in [0.2, 0.25) is 0 Å². The van der Waals surface area contributed by atoms with Gasteiger partial charge in [-0.15, -0.1) is 0 Å². The molecule has 18 heavy (non-hydrogen) atoms. The second-order valence-electron chi connectivity index (χ2n) is 5.07. The minimum Gasteiger partial charge on any atom is -0.508 e. The molecule has 1 heterocycles. The van der Waals surface area contributed by atoms with Crippen LogP contribution < -0.4 is 0 Å². The van der Waals surface area contributed by atoms with Gasteiger partial charge in [0.2, 0.25) is 0 Å². The van der Waals surface area contributed by atoms with E-state index in [1.807, 2.05) is 6.92 Å². The van der Waals surface area contributed by atoms with E-state index in [-0.39, 0.29) is 17.6 Å².